The van der Waals surface area contributed by atoms with Crippen LogP contribution in [-0.4, -0.2) is 43.1 Å². The summed E-state index contributed by atoms with van der Waals surface area (Å²) >= 11 is 0. The van der Waals surface area contributed by atoms with E-state index in [1.54, 1.807) is 6.07 Å². The summed E-state index contributed by atoms with van der Waals surface area (Å²) in [6.45, 7) is 0. The molecule has 7 nitrogen and oxygen atoms in total. The number of methoxy groups -OCH3 is 2. The van der Waals surface area contributed by atoms with E-state index < -0.39 is 23.9 Å². The van der Waals surface area contributed by atoms with E-state index in [-0.39, 0.29) is 19.3 Å². The van der Waals surface area contributed by atoms with Gasteiger partial charge in [-0.05, 0) is 12.1 Å². The molecule has 0 unspecified atom stereocenters. The first-order valence-corrected chi connectivity index (χ1v) is 7.82. The molecule has 25 heavy (non-hydrogen) atoms. The Hall–Kier alpha value is -2.96. The number of fused-ring (bicyclic) bond motifs is 1. The number of nitrogens with one attached hydrogen (secondary N) is 1. The molecule has 0 spiro atoms. The van der Waals surface area contributed by atoms with Crippen molar-refractivity contribution in [2.45, 2.75) is 25.3 Å². The van der Waals surface area contributed by atoms with Crippen molar-refractivity contribution in [3.63, 3.8) is 0 Å². The van der Waals surface area contributed by atoms with Gasteiger partial charge < -0.3 is 14.8 Å². The Morgan fingerprint density at radius 1 is 1.04 bits per heavy atom. The molecule has 0 bridgehead atoms. The molecule has 0 saturated heterocycles. The Labute approximate surface area is 145 Å². The van der Waals surface area contributed by atoms with E-state index >= 15 is 0 Å². The number of amides is 1. The minimum absolute atomic E-state index is 0.0511. The van der Waals surface area contributed by atoms with E-state index in [9.17, 15) is 14.4 Å². The lowest BCUT2D eigenvalue weighted by atomic mass is 10.1. The summed E-state index contributed by atoms with van der Waals surface area (Å²) in [6.07, 6.45) is 0.0806. The van der Waals surface area contributed by atoms with Crippen LogP contribution in [0.1, 0.15) is 18.5 Å². The van der Waals surface area contributed by atoms with Crippen molar-refractivity contribution >= 4 is 28.7 Å². The number of benzene rings is 1. The van der Waals surface area contributed by atoms with Gasteiger partial charge in [-0.25, -0.2) is 4.79 Å². The first-order valence-electron chi connectivity index (χ1n) is 7.82. The lowest BCUT2D eigenvalue weighted by Gasteiger charge is -2.16. The number of pyridine rings is 1. The number of hydrogen-bond donors (Lipinski definition) is 1. The standard InChI is InChI=1S/C18H20N2O5/c1-24-17(22)10-9-16(21)20-15(18(23)25-2)11-13-8-7-12-5-3-4-6-14(12)19-13/h3-8,15H,9-11H2,1-2H3,(H,20,21)/t15-/m0/s1. The molecule has 132 valence electrons. The smallest absolute Gasteiger partial charge is 0.328 e. The lowest BCUT2D eigenvalue weighted by molar-refractivity contribution is -0.145. The highest BCUT2D eigenvalue weighted by Gasteiger charge is 2.23. The summed E-state index contributed by atoms with van der Waals surface area (Å²) in [5.41, 5.74) is 1.46. The minimum atomic E-state index is -0.871. The second-order valence-corrected chi connectivity index (χ2v) is 5.42. The molecule has 0 radical (unpaired) electrons. The summed E-state index contributed by atoms with van der Waals surface area (Å²) in [5.74, 6) is -1.48. The van der Waals surface area contributed by atoms with Gasteiger partial charge in [0.25, 0.3) is 0 Å². The summed E-state index contributed by atoms with van der Waals surface area (Å²) in [4.78, 5) is 39.5. The van der Waals surface area contributed by atoms with Crippen LogP contribution in [0.5, 0.6) is 0 Å². The van der Waals surface area contributed by atoms with Crippen LogP contribution in [0.3, 0.4) is 0 Å². The van der Waals surface area contributed by atoms with Crippen LogP contribution in [0, 0.1) is 0 Å². The zero-order chi connectivity index (χ0) is 18.2. The van der Waals surface area contributed by atoms with E-state index in [2.05, 4.69) is 15.0 Å². The van der Waals surface area contributed by atoms with Gasteiger partial charge in [0, 0.05) is 23.9 Å². The maximum Gasteiger partial charge on any atom is 0.328 e. The first-order chi connectivity index (χ1) is 12.0. The van der Waals surface area contributed by atoms with Crippen molar-refractivity contribution < 1.29 is 23.9 Å². The molecule has 2 aromatic rings. The third-order valence-corrected chi connectivity index (χ3v) is 3.67. The van der Waals surface area contributed by atoms with Gasteiger partial charge in [0.2, 0.25) is 5.91 Å². The molecule has 1 aromatic heterocycles. The van der Waals surface area contributed by atoms with Crippen LogP contribution in [0.25, 0.3) is 10.9 Å². The Morgan fingerprint density at radius 2 is 1.80 bits per heavy atom. The van der Waals surface area contributed by atoms with Crippen LogP contribution < -0.4 is 5.32 Å². The van der Waals surface area contributed by atoms with Gasteiger partial charge >= 0.3 is 11.9 Å². The predicted octanol–water partition coefficient (Wildman–Crippen LogP) is 1.39. The van der Waals surface area contributed by atoms with Gasteiger partial charge in [-0.2, -0.15) is 0 Å². The van der Waals surface area contributed by atoms with Crippen molar-refractivity contribution in [3.05, 3.63) is 42.1 Å². The molecule has 2 rings (SSSR count). The molecule has 1 aromatic carbocycles. The van der Waals surface area contributed by atoms with E-state index in [1.807, 2.05) is 30.3 Å². The highest BCUT2D eigenvalue weighted by molar-refractivity contribution is 5.86. The Balaban J connectivity index is 2.07. The summed E-state index contributed by atoms with van der Waals surface area (Å²) in [7, 11) is 2.51. The molecule has 7 heteroatoms. The molecular weight excluding hydrogens is 324 g/mol. The molecule has 0 aliphatic carbocycles. The molecule has 1 atom stereocenters. The number of para-hydroxylation sites is 1. The Bertz CT molecular complexity index is 775. The topological polar surface area (TPSA) is 94.6 Å². The maximum atomic E-state index is 12.0. The third kappa shape index (κ3) is 5.27. The molecule has 1 amide bonds. The van der Waals surface area contributed by atoms with Crippen LogP contribution in [0.4, 0.5) is 0 Å². The van der Waals surface area contributed by atoms with Crippen molar-refractivity contribution in [2.24, 2.45) is 0 Å². The number of esters is 2. The maximum absolute atomic E-state index is 12.0. The number of rotatable bonds is 7. The minimum Gasteiger partial charge on any atom is -0.469 e. The number of hydrogen-bond acceptors (Lipinski definition) is 6. The van der Waals surface area contributed by atoms with Gasteiger partial charge in [-0.3, -0.25) is 14.6 Å². The average Bonchev–Trinajstić information content (AvgIpc) is 2.64. The summed E-state index contributed by atoms with van der Waals surface area (Å²) < 4.78 is 9.24. The summed E-state index contributed by atoms with van der Waals surface area (Å²) in [6, 6.07) is 10.5. The van der Waals surface area contributed by atoms with Crippen molar-refractivity contribution in [3.8, 4) is 0 Å². The van der Waals surface area contributed by atoms with Gasteiger partial charge in [-0.15, -0.1) is 0 Å². The fourth-order valence-electron chi connectivity index (χ4n) is 2.35. The normalized spacial score (nSPS) is 11.6. The van der Waals surface area contributed by atoms with E-state index in [1.165, 1.54) is 14.2 Å². The molecule has 0 aliphatic rings. The highest BCUT2D eigenvalue weighted by atomic mass is 16.5. The number of carbonyl (C=O) groups is 3. The van der Waals surface area contributed by atoms with Crippen LogP contribution in [0.2, 0.25) is 0 Å². The van der Waals surface area contributed by atoms with Crippen molar-refractivity contribution in [1.29, 1.82) is 0 Å². The molecule has 1 heterocycles. The van der Waals surface area contributed by atoms with Gasteiger partial charge in [0.05, 0.1) is 26.2 Å². The van der Waals surface area contributed by atoms with Crippen LogP contribution in [0.15, 0.2) is 36.4 Å². The third-order valence-electron chi connectivity index (χ3n) is 3.67. The fourth-order valence-corrected chi connectivity index (χ4v) is 2.35. The monoisotopic (exact) mass is 344 g/mol. The van der Waals surface area contributed by atoms with Gasteiger partial charge in [0.1, 0.15) is 6.04 Å². The Kier molecular flexibility index (Phi) is 6.45. The summed E-state index contributed by atoms with van der Waals surface area (Å²) in [5, 5.41) is 3.57. The molecule has 0 aliphatic heterocycles. The fraction of sp³-hybridized carbons (Fsp3) is 0.333. The zero-order valence-corrected chi connectivity index (χ0v) is 14.2. The second-order valence-electron chi connectivity index (χ2n) is 5.42. The first kappa shape index (κ1) is 18.4. The van der Waals surface area contributed by atoms with Gasteiger partial charge in [0.15, 0.2) is 0 Å². The van der Waals surface area contributed by atoms with Crippen molar-refractivity contribution in [2.75, 3.05) is 14.2 Å². The highest BCUT2D eigenvalue weighted by Crippen LogP contribution is 2.13. The quantitative estimate of drug-likeness (QED) is 0.763. The van der Waals surface area contributed by atoms with E-state index in [0.717, 1.165) is 10.9 Å². The molecular formula is C18H20N2O5. The zero-order valence-electron chi connectivity index (χ0n) is 14.2. The number of aromatic nitrogens is 1. The van der Waals surface area contributed by atoms with E-state index in [4.69, 9.17) is 4.74 Å². The molecule has 0 fully saturated rings. The van der Waals surface area contributed by atoms with E-state index in [0.29, 0.717) is 5.69 Å². The SMILES string of the molecule is COC(=O)CCC(=O)N[C@@H](Cc1ccc2ccccc2n1)C(=O)OC. The largest absolute Gasteiger partial charge is 0.469 e. The predicted molar refractivity (Wildman–Crippen MR) is 90.6 cm³/mol. The number of nitrogens with zero attached hydrogens (tertiary/aromatic N) is 1. The number of ether oxygens (including phenoxy) is 2. The van der Waals surface area contributed by atoms with Gasteiger partial charge in [-0.1, -0.05) is 24.3 Å². The second kappa shape index (κ2) is 8.77. The van der Waals surface area contributed by atoms with Crippen LogP contribution >= 0.6 is 0 Å². The van der Waals surface area contributed by atoms with Crippen molar-refractivity contribution in [1.82, 2.24) is 10.3 Å². The molecule has 1 N–H and O–H groups in total. The molecule has 0 saturated carbocycles. The lowest BCUT2D eigenvalue weighted by Crippen LogP contribution is -2.43. The average molecular weight is 344 g/mol. The number of carbonyl (C=O) groups excluding carboxylic acids is 3. The van der Waals surface area contributed by atoms with Crippen LogP contribution in [-0.2, 0) is 30.3 Å². The Morgan fingerprint density at radius 3 is 2.52 bits per heavy atom.